The van der Waals surface area contributed by atoms with Crippen molar-refractivity contribution in [3.8, 4) is 0 Å². The summed E-state index contributed by atoms with van der Waals surface area (Å²) in [5.41, 5.74) is 0. The maximum Gasteiger partial charge on any atom is 0.00792 e. The van der Waals surface area contributed by atoms with Crippen LogP contribution < -0.4 is 5.32 Å². The van der Waals surface area contributed by atoms with Crippen molar-refractivity contribution in [3.63, 3.8) is 0 Å². The van der Waals surface area contributed by atoms with Gasteiger partial charge in [-0.2, -0.15) is 0 Å². The van der Waals surface area contributed by atoms with Crippen molar-refractivity contribution in [3.05, 3.63) is 0 Å². The molecule has 1 fully saturated rings. The highest BCUT2D eigenvalue weighted by molar-refractivity contribution is 4.80. The van der Waals surface area contributed by atoms with Crippen LogP contribution in [0.15, 0.2) is 0 Å². The smallest absolute Gasteiger partial charge is 0.00792 e. The largest absolute Gasteiger partial charge is 0.314 e. The predicted molar refractivity (Wildman–Crippen MR) is 89.3 cm³/mol. The molecule has 0 aromatic heterocycles. The summed E-state index contributed by atoms with van der Waals surface area (Å²) < 4.78 is 0. The minimum Gasteiger partial charge on any atom is -0.314 e. The molecule has 1 rings (SSSR count). The van der Waals surface area contributed by atoms with E-state index in [2.05, 4.69) is 42.8 Å². The lowest BCUT2D eigenvalue weighted by Crippen LogP contribution is -2.45. The molecule has 1 N–H and O–H groups in total. The van der Waals surface area contributed by atoms with Crippen LogP contribution in [0, 0.1) is 5.92 Å². The van der Waals surface area contributed by atoms with Crippen molar-refractivity contribution >= 4 is 0 Å². The van der Waals surface area contributed by atoms with Crippen LogP contribution in [0.5, 0.6) is 0 Å². The van der Waals surface area contributed by atoms with Gasteiger partial charge in [0.15, 0.2) is 0 Å². The number of piperidine rings is 1. The van der Waals surface area contributed by atoms with E-state index in [4.69, 9.17) is 0 Å². The summed E-state index contributed by atoms with van der Waals surface area (Å²) in [6.07, 6.45) is 5.36. The Morgan fingerprint density at radius 1 is 1.25 bits per heavy atom. The summed E-state index contributed by atoms with van der Waals surface area (Å²) in [7, 11) is 0. The molecule has 0 bridgehead atoms. The van der Waals surface area contributed by atoms with E-state index in [1.807, 2.05) is 0 Å². The molecule has 0 spiro atoms. The molecule has 0 amide bonds. The number of nitrogens with one attached hydrogen (secondary N) is 1. The van der Waals surface area contributed by atoms with Gasteiger partial charge < -0.3 is 15.1 Å². The first-order valence-corrected chi connectivity index (χ1v) is 8.89. The van der Waals surface area contributed by atoms with Crippen molar-refractivity contribution in [1.29, 1.82) is 0 Å². The average molecular weight is 284 g/mol. The minimum atomic E-state index is 0.673. The fourth-order valence-electron chi connectivity index (χ4n) is 3.36. The van der Waals surface area contributed by atoms with E-state index in [-0.39, 0.29) is 0 Å². The fraction of sp³-hybridized carbons (Fsp3) is 1.00. The van der Waals surface area contributed by atoms with Gasteiger partial charge in [-0.3, -0.25) is 0 Å². The summed E-state index contributed by atoms with van der Waals surface area (Å²) in [5, 5.41) is 3.77. The van der Waals surface area contributed by atoms with Gasteiger partial charge in [-0.25, -0.2) is 0 Å². The standard InChI is InChI=1S/C17H37N3/c1-5-12-20-13-8-10-17(15-20)16(4)18-11-9-14-19(6-2)7-3/h16-18H,5-15H2,1-4H3. The molecule has 0 aromatic carbocycles. The van der Waals surface area contributed by atoms with E-state index in [1.54, 1.807) is 0 Å². The third kappa shape index (κ3) is 6.55. The van der Waals surface area contributed by atoms with Crippen molar-refractivity contribution in [2.75, 3.05) is 45.8 Å². The van der Waals surface area contributed by atoms with Gasteiger partial charge in [0.25, 0.3) is 0 Å². The maximum absolute atomic E-state index is 3.77. The molecule has 1 aliphatic rings. The quantitative estimate of drug-likeness (QED) is 0.622. The third-order valence-corrected chi connectivity index (χ3v) is 4.80. The Balaban J connectivity index is 2.16. The molecule has 1 aliphatic heterocycles. The summed E-state index contributed by atoms with van der Waals surface area (Å²) >= 11 is 0. The van der Waals surface area contributed by atoms with Crippen molar-refractivity contribution in [2.45, 2.75) is 59.4 Å². The highest BCUT2D eigenvalue weighted by Gasteiger charge is 2.23. The molecule has 2 atom stereocenters. The first kappa shape index (κ1) is 17.9. The van der Waals surface area contributed by atoms with Gasteiger partial charge in [-0.1, -0.05) is 20.8 Å². The van der Waals surface area contributed by atoms with Crippen molar-refractivity contribution in [2.24, 2.45) is 5.92 Å². The second kappa shape index (κ2) is 10.6. The van der Waals surface area contributed by atoms with Gasteiger partial charge in [-0.15, -0.1) is 0 Å². The van der Waals surface area contributed by atoms with Crippen LogP contribution in [0.1, 0.15) is 53.4 Å². The van der Waals surface area contributed by atoms with Crippen LogP contribution in [0.2, 0.25) is 0 Å². The second-order valence-corrected chi connectivity index (χ2v) is 6.33. The topological polar surface area (TPSA) is 18.5 Å². The first-order valence-electron chi connectivity index (χ1n) is 8.89. The summed E-state index contributed by atoms with van der Waals surface area (Å²) in [5.74, 6) is 0.851. The number of hydrogen-bond donors (Lipinski definition) is 1. The molecule has 120 valence electrons. The Hall–Kier alpha value is -0.120. The lowest BCUT2D eigenvalue weighted by atomic mass is 9.91. The Morgan fingerprint density at radius 3 is 2.65 bits per heavy atom. The molecular weight excluding hydrogens is 246 g/mol. The second-order valence-electron chi connectivity index (χ2n) is 6.33. The van der Waals surface area contributed by atoms with E-state index in [0.29, 0.717) is 6.04 Å². The van der Waals surface area contributed by atoms with Gasteiger partial charge >= 0.3 is 0 Å². The molecule has 2 unspecified atom stereocenters. The van der Waals surface area contributed by atoms with Crippen LogP contribution in [0.4, 0.5) is 0 Å². The molecule has 0 aromatic rings. The van der Waals surface area contributed by atoms with Crippen molar-refractivity contribution < 1.29 is 0 Å². The Kier molecular flexibility index (Phi) is 9.49. The molecule has 1 saturated heterocycles. The zero-order valence-electron chi connectivity index (χ0n) is 14.3. The first-order chi connectivity index (χ1) is 9.71. The van der Waals surface area contributed by atoms with Crippen LogP contribution in [-0.4, -0.2) is 61.7 Å². The highest BCUT2D eigenvalue weighted by Crippen LogP contribution is 2.19. The fourth-order valence-corrected chi connectivity index (χ4v) is 3.36. The van der Waals surface area contributed by atoms with E-state index < -0.39 is 0 Å². The molecule has 3 nitrogen and oxygen atoms in total. The third-order valence-electron chi connectivity index (χ3n) is 4.80. The van der Waals surface area contributed by atoms with Crippen LogP contribution >= 0.6 is 0 Å². The van der Waals surface area contributed by atoms with Gasteiger partial charge in [-0.05, 0) is 77.8 Å². The highest BCUT2D eigenvalue weighted by atomic mass is 15.1. The molecule has 0 aliphatic carbocycles. The lowest BCUT2D eigenvalue weighted by molar-refractivity contribution is 0.150. The molecule has 1 heterocycles. The van der Waals surface area contributed by atoms with Crippen LogP contribution in [0.25, 0.3) is 0 Å². The monoisotopic (exact) mass is 283 g/mol. The predicted octanol–water partition coefficient (Wildman–Crippen LogP) is 2.82. The lowest BCUT2D eigenvalue weighted by Gasteiger charge is -2.36. The maximum atomic E-state index is 3.77. The normalized spacial score (nSPS) is 22.4. The Labute approximate surface area is 127 Å². The van der Waals surface area contributed by atoms with Crippen LogP contribution in [0.3, 0.4) is 0 Å². The van der Waals surface area contributed by atoms with Crippen LogP contribution in [-0.2, 0) is 0 Å². The Morgan fingerprint density at radius 2 is 2.00 bits per heavy atom. The number of nitrogens with zero attached hydrogens (tertiary/aromatic N) is 2. The van der Waals surface area contributed by atoms with Gasteiger partial charge in [0, 0.05) is 12.6 Å². The average Bonchev–Trinajstić information content (AvgIpc) is 2.48. The van der Waals surface area contributed by atoms with E-state index in [1.165, 1.54) is 71.5 Å². The SMILES string of the molecule is CCCN1CCCC(C(C)NCCCN(CC)CC)C1. The number of hydrogen-bond acceptors (Lipinski definition) is 3. The van der Waals surface area contributed by atoms with Crippen molar-refractivity contribution in [1.82, 2.24) is 15.1 Å². The van der Waals surface area contributed by atoms with Gasteiger partial charge in [0.1, 0.15) is 0 Å². The molecule has 0 saturated carbocycles. The summed E-state index contributed by atoms with van der Waals surface area (Å²) in [4.78, 5) is 5.16. The molecular formula is C17H37N3. The van der Waals surface area contributed by atoms with E-state index in [0.717, 1.165) is 5.92 Å². The van der Waals surface area contributed by atoms with E-state index >= 15 is 0 Å². The molecule has 3 heteroatoms. The summed E-state index contributed by atoms with van der Waals surface area (Å²) in [6.45, 7) is 17.9. The molecule has 0 radical (unpaired) electrons. The zero-order valence-corrected chi connectivity index (χ0v) is 14.3. The number of rotatable bonds is 10. The Bertz CT molecular complexity index is 226. The summed E-state index contributed by atoms with van der Waals surface area (Å²) in [6, 6.07) is 0.673. The molecule has 20 heavy (non-hydrogen) atoms. The van der Waals surface area contributed by atoms with Gasteiger partial charge in [0.2, 0.25) is 0 Å². The number of likely N-dealkylation sites (tertiary alicyclic amines) is 1. The van der Waals surface area contributed by atoms with Gasteiger partial charge in [0.05, 0.1) is 0 Å². The minimum absolute atomic E-state index is 0.673. The van der Waals surface area contributed by atoms with E-state index in [9.17, 15) is 0 Å². The zero-order chi connectivity index (χ0) is 14.8.